The van der Waals surface area contributed by atoms with E-state index in [9.17, 15) is 14.7 Å². The van der Waals surface area contributed by atoms with E-state index in [1.54, 1.807) is 15.8 Å². The van der Waals surface area contributed by atoms with E-state index in [1.807, 2.05) is 37.3 Å². The normalized spacial score (nSPS) is 17.7. The number of aliphatic carboxylic acids is 1. The zero-order chi connectivity index (χ0) is 17.1. The molecule has 1 aromatic carbocycles. The summed E-state index contributed by atoms with van der Waals surface area (Å²) in [6.07, 6.45) is 2.94. The van der Waals surface area contributed by atoms with Crippen molar-refractivity contribution in [2.75, 3.05) is 13.1 Å². The maximum Gasteiger partial charge on any atom is 0.308 e. The molecule has 6 nitrogen and oxygen atoms in total. The Labute approximate surface area is 140 Å². The summed E-state index contributed by atoms with van der Waals surface area (Å²) in [5.74, 6) is -1.43. The number of hydrogen-bond acceptors (Lipinski definition) is 3. The lowest BCUT2D eigenvalue weighted by atomic mass is 9.98. The molecule has 1 N–H and O–H groups in total. The fourth-order valence-electron chi connectivity index (χ4n) is 3.11. The van der Waals surface area contributed by atoms with Crippen LogP contribution in [0, 0.1) is 12.8 Å². The van der Waals surface area contributed by atoms with Gasteiger partial charge in [0.05, 0.1) is 24.2 Å². The van der Waals surface area contributed by atoms with Crippen LogP contribution in [0.1, 0.15) is 34.5 Å². The van der Waals surface area contributed by atoms with E-state index in [1.165, 1.54) is 0 Å². The van der Waals surface area contributed by atoms with E-state index < -0.39 is 11.9 Å². The number of amides is 1. The number of piperidine rings is 1. The highest BCUT2D eigenvalue weighted by molar-refractivity contribution is 5.95. The van der Waals surface area contributed by atoms with Crippen LogP contribution in [0.5, 0.6) is 0 Å². The fourth-order valence-corrected chi connectivity index (χ4v) is 3.11. The van der Waals surface area contributed by atoms with Crippen molar-refractivity contribution >= 4 is 11.9 Å². The average molecular weight is 327 g/mol. The maximum absolute atomic E-state index is 12.7. The van der Waals surface area contributed by atoms with Crippen molar-refractivity contribution in [3.8, 4) is 0 Å². The molecule has 1 aromatic heterocycles. The predicted molar refractivity (Wildman–Crippen MR) is 88.8 cm³/mol. The first-order valence-electron chi connectivity index (χ1n) is 8.14. The molecule has 1 aliphatic rings. The zero-order valence-corrected chi connectivity index (χ0v) is 13.7. The highest BCUT2D eigenvalue weighted by Crippen LogP contribution is 2.20. The van der Waals surface area contributed by atoms with Gasteiger partial charge in [-0.15, -0.1) is 0 Å². The predicted octanol–water partition coefficient (Wildman–Crippen LogP) is 2.18. The minimum absolute atomic E-state index is 0.127. The number of carboxylic acid groups (broad SMARTS) is 1. The molecule has 24 heavy (non-hydrogen) atoms. The van der Waals surface area contributed by atoms with Gasteiger partial charge < -0.3 is 10.0 Å². The number of rotatable bonds is 4. The number of benzene rings is 1. The van der Waals surface area contributed by atoms with Gasteiger partial charge in [-0.2, -0.15) is 5.10 Å². The molecule has 1 aliphatic heterocycles. The zero-order valence-electron chi connectivity index (χ0n) is 13.7. The summed E-state index contributed by atoms with van der Waals surface area (Å²) in [5, 5.41) is 13.5. The van der Waals surface area contributed by atoms with Crippen molar-refractivity contribution in [3.63, 3.8) is 0 Å². The van der Waals surface area contributed by atoms with Gasteiger partial charge in [-0.3, -0.25) is 14.3 Å². The molecule has 126 valence electrons. The Balaban J connectivity index is 1.75. The lowest BCUT2D eigenvalue weighted by molar-refractivity contribution is -0.143. The molecule has 6 heteroatoms. The molecule has 0 aliphatic carbocycles. The molecule has 0 bridgehead atoms. The number of carbonyl (C=O) groups excluding carboxylic acids is 1. The first-order valence-corrected chi connectivity index (χ1v) is 8.14. The minimum Gasteiger partial charge on any atom is -0.481 e. The third-order valence-corrected chi connectivity index (χ3v) is 4.57. The van der Waals surface area contributed by atoms with Gasteiger partial charge in [-0.05, 0) is 25.3 Å². The molecule has 1 fully saturated rings. The largest absolute Gasteiger partial charge is 0.481 e. The van der Waals surface area contributed by atoms with Crippen LogP contribution in [0.4, 0.5) is 0 Å². The summed E-state index contributed by atoms with van der Waals surface area (Å²) < 4.78 is 1.81. The molecular weight excluding hydrogens is 306 g/mol. The Hall–Kier alpha value is -2.63. The standard InChI is InChI=1S/C18H21N3O3/c1-13-16(10-19-21(13)11-14-6-3-2-4-7-14)17(22)20-9-5-8-15(12-20)18(23)24/h2-4,6-7,10,15H,5,8-9,11-12H2,1H3,(H,23,24)/t15-/m1/s1. The molecule has 1 saturated heterocycles. The second-order valence-electron chi connectivity index (χ2n) is 6.22. The Morgan fingerprint density at radius 3 is 2.75 bits per heavy atom. The average Bonchev–Trinajstić information content (AvgIpc) is 2.96. The summed E-state index contributed by atoms with van der Waals surface area (Å²) in [6.45, 7) is 3.36. The maximum atomic E-state index is 12.7. The van der Waals surface area contributed by atoms with Crippen molar-refractivity contribution in [1.29, 1.82) is 0 Å². The topological polar surface area (TPSA) is 75.4 Å². The summed E-state index contributed by atoms with van der Waals surface area (Å²) >= 11 is 0. The van der Waals surface area contributed by atoms with Crippen LogP contribution in [-0.2, 0) is 11.3 Å². The van der Waals surface area contributed by atoms with Gasteiger partial charge in [0.2, 0.25) is 0 Å². The lowest BCUT2D eigenvalue weighted by Crippen LogP contribution is -2.42. The van der Waals surface area contributed by atoms with E-state index in [0.29, 0.717) is 25.1 Å². The number of nitrogens with zero attached hydrogens (tertiary/aromatic N) is 3. The Morgan fingerprint density at radius 2 is 2.04 bits per heavy atom. The van der Waals surface area contributed by atoms with Crippen molar-refractivity contribution in [2.45, 2.75) is 26.3 Å². The lowest BCUT2D eigenvalue weighted by Gasteiger charge is -2.30. The molecule has 3 rings (SSSR count). The first kappa shape index (κ1) is 16.2. The van der Waals surface area contributed by atoms with Crippen molar-refractivity contribution in [1.82, 2.24) is 14.7 Å². The highest BCUT2D eigenvalue weighted by Gasteiger charge is 2.30. The van der Waals surface area contributed by atoms with Crippen molar-refractivity contribution in [3.05, 3.63) is 53.3 Å². The van der Waals surface area contributed by atoms with Crippen LogP contribution in [-0.4, -0.2) is 44.8 Å². The van der Waals surface area contributed by atoms with Gasteiger partial charge in [0.25, 0.3) is 5.91 Å². The molecule has 0 saturated carbocycles. The van der Waals surface area contributed by atoms with Crippen LogP contribution in [0.3, 0.4) is 0 Å². The summed E-state index contributed by atoms with van der Waals surface area (Å²) in [5.41, 5.74) is 2.48. The number of aromatic nitrogens is 2. The quantitative estimate of drug-likeness (QED) is 0.934. The van der Waals surface area contributed by atoms with E-state index >= 15 is 0 Å². The minimum atomic E-state index is -0.830. The molecule has 0 unspecified atom stereocenters. The summed E-state index contributed by atoms with van der Waals surface area (Å²) in [7, 11) is 0. The van der Waals surface area contributed by atoms with Crippen LogP contribution < -0.4 is 0 Å². The Kier molecular flexibility index (Phi) is 4.64. The third kappa shape index (κ3) is 3.32. The van der Waals surface area contributed by atoms with Gasteiger partial charge in [-0.1, -0.05) is 30.3 Å². The second kappa shape index (κ2) is 6.86. The van der Waals surface area contributed by atoms with E-state index in [4.69, 9.17) is 0 Å². The van der Waals surface area contributed by atoms with Gasteiger partial charge in [0, 0.05) is 18.8 Å². The van der Waals surface area contributed by atoms with Gasteiger partial charge in [0.1, 0.15) is 0 Å². The molecule has 0 radical (unpaired) electrons. The van der Waals surface area contributed by atoms with Crippen LogP contribution in [0.15, 0.2) is 36.5 Å². The number of hydrogen-bond donors (Lipinski definition) is 1. The van der Waals surface area contributed by atoms with Crippen LogP contribution in [0.2, 0.25) is 0 Å². The number of carbonyl (C=O) groups is 2. The highest BCUT2D eigenvalue weighted by atomic mass is 16.4. The van der Waals surface area contributed by atoms with Crippen LogP contribution in [0.25, 0.3) is 0 Å². The number of likely N-dealkylation sites (tertiary alicyclic amines) is 1. The second-order valence-corrected chi connectivity index (χ2v) is 6.22. The molecule has 1 atom stereocenters. The summed E-state index contributed by atoms with van der Waals surface area (Å²) in [6, 6.07) is 9.94. The molecule has 0 spiro atoms. The van der Waals surface area contributed by atoms with Gasteiger partial charge >= 0.3 is 5.97 Å². The molecule has 2 aromatic rings. The van der Waals surface area contributed by atoms with E-state index in [2.05, 4.69) is 5.10 Å². The van der Waals surface area contributed by atoms with E-state index in [-0.39, 0.29) is 12.5 Å². The molecular formula is C18H21N3O3. The van der Waals surface area contributed by atoms with Crippen molar-refractivity contribution in [2.24, 2.45) is 5.92 Å². The van der Waals surface area contributed by atoms with Crippen molar-refractivity contribution < 1.29 is 14.7 Å². The SMILES string of the molecule is Cc1c(C(=O)N2CCC[C@@H](C(=O)O)C2)cnn1Cc1ccccc1. The first-order chi connectivity index (χ1) is 11.6. The smallest absolute Gasteiger partial charge is 0.308 e. The van der Waals surface area contributed by atoms with Gasteiger partial charge in [0.15, 0.2) is 0 Å². The molecule has 2 heterocycles. The fraction of sp³-hybridized carbons (Fsp3) is 0.389. The van der Waals surface area contributed by atoms with Crippen LogP contribution >= 0.6 is 0 Å². The summed E-state index contributed by atoms with van der Waals surface area (Å²) in [4.78, 5) is 25.6. The van der Waals surface area contributed by atoms with E-state index in [0.717, 1.165) is 17.7 Å². The Morgan fingerprint density at radius 1 is 1.29 bits per heavy atom. The van der Waals surface area contributed by atoms with Gasteiger partial charge in [-0.25, -0.2) is 0 Å². The Bertz CT molecular complexity index is 739. The number of carboxylic acids is 1. The third-order valence-electron chi connectivity index (χ3n) is 4.57. The molecule has 1 amide bonds. The monoisotopic (exact) mass is 327 g/mol.